The molecule has 25 heavy (non-hydrogen) atoms. The molecule has 0 aliphatic carbocycles. The molecule has 0 spiro atoms. The number of para-hydroxylation sites is 2. The molecular weight excluding hydrogens is 314 g/mol. The second-order valence-electron chi connectivity index (χ2n) is 5.85. The number of aromatic nitrogens is 2. The number of aryl methyl sites for hydroxylation is 2. The number of rotatable bonds is 6. The standard InChI is InChI=1S/C20H21N3O2/c1-15-7-6-8-16(2)20(15)25-14-12-19(24)21-18-11-13-23(22-18)17-9-4-3-5-10-17/h3-11,13H,12,14H2,1-2H3,(H,21,22,24). The van der Waals surface area contributed by atoms with Crippen LogP contribution in [0.4, 0.5) is 5.82 Å². The fourth-order valence-corrected chi connectivity index (χ4v) is 2.59. The number of carbonyl (C=O) groups is 1. The fourth-order valence-electron chi connectivity index (χ4n) is 2.59. The predicted molar refractivity (Wildman–Crippen MR) is 98.2 cm³/mol. The lowest BCUT2D eigenvalue weighted by atomic mass is 10.1. The molecule has 128 valence electrons. The number of ether oxygens (including phenoxy) is 1. The smallest absolute Gasteiger partial charge is 0.229 e. The van der Waals surface area contributed by atoms with Gasteiger partial charge >= 0.3 is 0 Å². The Morgan fingerprint density at radius 1 is 1.04 bits per heavy atom. The SMILES string of the molecule is Cc1cccc(C)c1OCCC(=O)Nc1ccn(-c2ccccc2)n1. The van der Waals surface area contributed by atoms with Crippen LogP contribution in [-0.4, -0.2) is 22.3 Å². The summed E-state index contributed by atoms with van der Waals surface area (Å²) in [4.78, 5) is 12.1. The van der Waals surface area contributed by atoms with Crippen LogP contribution in [0.5, 0.6) is 5.75 Å². The maximum atomic E-state index is 12.1. The van der Waals surface area contributed by atoms with E-state index in [9.17, 15) is 4.79 Å². The summed E-state index contributed by atoms with van der Waals surface area (Å²) in [6, 6.07) is 17.5. The molecule has 3 aromatic rings. The summed E-state index contributed by atoms with van der Waals surface area (Å²) in [7, 11) is 0. The van der Waals surface area contributed by atoms with Gasteiger partial charge in [0.25, 0.3) is 0 Å². The van der Waals surface area contributed by atoms with Gasteiger partial charge in [-0.2, -0.15) is 5.10 Å². The van der Waals surface area contributed by atoms with Crippen molar-refractivity contribution in [3.8, 4) is 11.4 Å². The van der Waals surface area contributed by atoms with Gasteiger partial charge in [0.1, 0.15) is 5.75 Å². The van der Waals surface area contributed by atoms with Gasteiger partial charge in [0.05, 0.1) is 18.7 Å². The fraction of sp³-hybridized carbons (Fsp3) is 0.200. The quantitative estimate of drug-likeness (QED) is 0.743. The molecule has 5 heteroatoms. The maximum absolute atomic E-state index is 12.1. The van der Waals surface area contributed by atoms with Crippen molar-refractivity contribution in [3.63, 3.8) is 0 Å². The summed E-state index contributed by atoms with van der Waals surface area (Å²) in [6.45, 7) is 4.33. The molecule has 2 aromatic carbocycles. The highest BCUT2D eigenvalue weighted by Gasteiger charge is 2.08. The van der Waals surface area contributed by atoms with Gasteiger partial charge in [-0.05, 0) is 37.1 Å². The van der Waals surface area contributed by atoms with Crippen LogP contribution < -0.4 is 10.1 Å². The Hall–Kier alpha value is -3.08. The average Bonchev–Trinajstić information content (AvgIpc) is 3.07. The highest BCUT2D eigenvalue weighted by molar-refractivity contribution is 5.89. The lowest BCUT2D eigenvalue weighted by molar-refractivity contribution is -0.116. The van der Waals surface area contributed by atoms with Crippen molar-refractivity contribution < 1.29 is 9.53 Å². The topological polar surface area (TPSA) is 56.1 Å². The largest absolute Gasteiger partial charge is 0.493 e. The van der Waals surface area contributed by atoms with Crippen molar-refractivity contribution in [1.82, 2.24) is 9.78 Å². The third-order valence-electron chi connectivity index (χ3n) is 3.86. The molecule has 0 aliphatic heterocycles. The molecule has 0 aliphatic rings. The minimum Gasteiger partial charge on any atom is -0.493 e. The van der Waals surface area contributed by atoms with Gasteiger partial charge in [-0.15, -0.1) is 0 Å². The molecule has 0 radical (unpaired) electrons. The van der Waals surface area contributed by atoms with E-state index in [1.165, 1.54) is 0 Å². The van der Waals surface area contributed by atoms with E-state index in [1.807, 2.05) is 68.6 Å². The second-order valence-corrected chi connectivity index (χ2v) is 5.85. The van der Waals surface area contributed by atoms with Crippen molar-refractivity contribution >= 4 is 11.7 Å². The summed E-state index contributed by atoms with van der Waals surface area (Å²) in [5.41, 5.74) is 3.09. The summed E-state index contributed by atoms with van der Waals surface area (Å²) >= 11 is 0. The molecule has 1 N–H and O–H groups in total. The van der Waals surface area contributed by atoms with E-state index in [-0.39, 0.29) is 12.3 Å². The van der Waals surface area contributed by atoms with Gasteiger partial charge in [-0.1, -0.05) is 36.4 Å². The van der Waals surface area contributed by atoms with Crippen LogP contribution in [0.25, 0.3) is 5.69 Å². The predicted octanol–water partition coefficient (Wildman–Crippen LogP) is 3.90. The van der Waals surface area contributed by atoms with Gasteiger partial charge in [-0.3, -0.25) is 4.79 Å². The summed E-state index contributed by atoms with van der Waals surface area (Å²) in [5.74, 6) is 1.26. The third kappa shape index (κ3) is 4.26. The molecule has 0 bridgehead atoms. The lowest BCUT2D eigenvalue weighted by Gasteiger charge is -2.11. The average molecular weight is 335 g/mol. The van der Waals surface area contributed by atoms with Gasteiger partial charge in [0.2, 0.25) is 5.91 Å². The third-order valence-corrected chi connectivity index (χ3v) is 3.86. The monoisotopic (exact) mass is 335 g/mol. The molecule has 3 rings (SSSR count). The highest BCUT2D eigenvalue weighted by Crippen LogP contribution is 2.22. The Morgan fingerprint density at radius 3 is 2.48 bits per heavy atom. The van der Waals surface area contributed by atoms with Crippen LogP contribution in [0, 0.1) is 13.8 Å². The van der Waals surface area contributed by atoms with E-state index in [1.54, 1.807) is 10.7 Å². The summed E-state index contributed by atoms with van der Waals surface area (Å²) < 4.78 is 7.49. The van der Waals surface area contributed by atoms with Crippen molar-refractivity contribution in [2.24, 2.45) is 0 Å². The van der Waals surface area contributed by atoms with E-state index < -0.39 is 0 Å². The molecule has 0 saturated carbocycles. The highest BCUT2D eigenvalue weighted by atomic mass is 16.5. The van der Waals surface area contributed by atoms with Gasteiger partial charge in [-0.25, -0.2) is 4.68 Å². The zero-order chi connectivity index (χ0) is 17.6. The first-order chi connectivity index (χ1) is 12.1. The molecular formula is C20H21N3O2. The number of nitrogens with zero attached hydrogens (tertiary/aromatic N) is 2. The Kier molecular flexibility index (Phi) is 5.14. The Morgan fingerprint density at radius 2 is 1.76 bits per heavy atom. The number of benzene rings is 2. The second kappa shape index (κ2) is 7.66. The van der Waals surface area contributed by atoms with E-state index in [4.69, 9.17) is 4.74 Å². The first-order valence-electron chi connectivity index (χ1n) is 8.23. The summed E-state index contributed by atoms with van der Waals surface area (Å²) in [5, 5.41) is 7.16. The first kappa shape index (κ1) is 16.8. The zero-order valence-electron chi connectivity index (χ0n) is 14.4. The molecule has 5 nitrogen and oxygen atoms in total. The van der Waals surface area contributed by atoms with Crippen LogP contribution in [-0.2, 0) is 4.79 Å². The van der Waals surface area contributed by atoms with Gasteiger partial charge in [0, 0.05) is 12.3 Å². The molecule has 0 unspecified atom stereocenters. The molecule has 0 atom stereocenters. The Balaban J connectivity index is 1.52. The minimum absolute atomic E-state index is 0.121. The maximum Gasteiger partial charge on any atom is 0.229 e. The van der Waals surface area contributed by atoms with Crippen LogP contribution >= 0.6 is 0 Å². The van der Waals surface area contributed by atoms with Crippen molar-refractivity contribution in [3.05, 3.63) is 71.9 Å². The summed E-state index contributed by atoms with van der Waals surface area (Å²) in [6.07, 6.45) is 2.09. The van der Waals surface area contributed by atoms with E-state index >= 15 is 0 Å². The number of anilines is 1. The van der Waals surface area contributed by atoms with Crippen LogP contribution in [0.3, 0.4) is 0 Å². The molecule has 0 saturated heterocycles. The Bertz CT molecular complexity index is 836. The number of amides is 1. The van der Waals surface area contributed by atoms with Gasteiger partial charge < -0.3 is 10.1 Å². The van der Waals surface area contributed by atoms with E-state index in [2.05, 4.69) is 10.4 Å². The lowest BCUT2D eigenvalue weighted by Crippen LogP contribution is -2.16. The minimum atomic E-state index is -0.121. The Labute approximate surface area is 147 Å². The van der Waals surface area contributed by atoms with Crippen molar-refractivity contribution in [2.45, 2.75) is 20.3 Å². The van der Waals surface area contributed by atoms with Crippen LogP contribution in [0.1, 0.15) is 17.5 Å². The van der Waals surface area contributed by atoms with Crippen molar-refractivity contribution in [1.29, 1.82) is 0 Å². The van der Waals surface area contributed by atoms with Crippen molar-refractivity contribution in [2.75, 3.05) is 11.9 Å². The molecule has 0 fully saturated rings. The molecule has 1 amide bonds. The normalized spacial score (nSPS) is 10.5. The first-order valence-corrected chi connectivity index (χ1v) is 8.23. The molecule has 1 aromatic heterocycles. The number of hydrogen-bond donors (Lipinski definition) is 1. The number of hydrogen-bond acceptors (Lipinski definition) is 3. The van der Waals surface area contributed by atoms with Gasteiger partial charge in [0.15, 0.2) is 5.82 Å². The zero-order valence-corrected chi connectivity index (χ0v) is 14.4. The number of carbonyl (C=O) groups excluding carboxylic acids is 1. The number of nitrogens with one attached hydrogen (secondary N) is 1. The molecule has 1 heterocycles. The van der Waals surface area contributed by atoms with E-state index in [0.717, 1.165) is 22.6 Å². The van der Waals surface area contributed by atoms with Crippen LogP contribution in [0.2, 0.25) is 0 Å². The van der Waals surface area contributed by atoms with Crippen LogP contribution in [0.15, 0.2) is 60.8 Å². The van der Waals surface area contributed by atoms with E-state index in [0.29, 0.717) is 12.4 Å².